The molecule has 2 aliphatic rings. The van der Waals surface area contributed by atoms with Gasteiger partial charge in [0.1, 0.15) is 0 Å². The van der Waals surface area contributed by atoms with Gasteiger partial charge in [-0.05, 0) is 62.3 Å². The second kappa shape index (κ2) is 7.12. The number of carbonyl (C=O) groups excluding carboxylic acids is 1. The molecule has 0 saturated heterocycles. The van der Waals surface area contributed by atoms with E-state index in [1.165, 1.54) is 24.8 Å². The second-order valence-corrected chi connectivity index (χ2v) is 6.98. The van der Waals surface area contributed by atoms with E-state index >= 15 is 0 Å². The molecule has 3 nitrogen and oxygen atoms in total. The molecular formula is C16H22BrClN2O. The lowest BCUT2D eigenvalue weighted by Gasteiger charge is -2.43. The number of rotatable bonds is 6. The highest BCUT2D eigenvalue weighted by molar-refractivity contribution is 9.10. The molecule has 2 N–H and O–H groups in total. The molecule has 1 aromatic carbocycles. The Morgan fingerprint density at radius 3 is 2.43 bits per heavy atom. The van der Waals surface area contributed by atoms with Crippen LogP contribution in [0, 0.1) is 5.92 Å². The summed E-state index contributed by atoms with van der Waals surface area (Å²) in [4.78, 5) is 12.1. The van der Waals surface area contributed by atoms with Crippen LogP contribution in [-0.4, -0.2) is 19.0 Å². The molecule has 0 aliphatic heterocycles. The molecule has 2 fully saturated rings. The quantitative estimate of drug-likeness (QED) is 0.803. The third-order valence-electron chi connectivity index (χ3n) is 4.40. The van der Waals surface area contributed by atoms with Crippen molar-refractivity contribution in [1.82, 2.24) is 10.6 Å². The molecule has 0 spiro atoms. The third kappa shape index (κ3) is 4.21. The molecule has 2 aliphatic carbocycles. The summed E-state index contributed by atoms with van der Waals surface area (Å²) in [7, 11) is 0. The van der Waals surface area contributed by atoms with Crippen molar-refractivity contribution in [3.8, 4) is 0 Å². The van der Waals surface area contributed by atoms with E-state index in [-0.39, 0.29) is 23.9 Å². The average Bonchev–Trinajstić information content (AvgIpc) is 3.19. The van der Waals surface area contributed by atoms with Crippen LogP contribution in [0.15, 0.2) is 28.7 Å². The Morgan fingerprint density at radius 2 is 1.90 bits per heavy atom. The predicted octanol–water partition coefficient (Wildman–Crippen LogP) is 3.37. The van der Waals surface area contributed by atoms with Crippen molar-refractivity contribution in [2.45, 2.75) is 37.6 Å². The van der Waals surface area contributed by atoms with Crippen molar-refractivity contribution in [3.63, 3.8) is 0 Å². The Morgan fingerprint density at radius 1 is 1.24 bits per heavy atom. The van der Waals surface area contributed by atoms with Crippen LogP contribution < -0.4 is 10.6 Å². The fourth-order valence-corrected chi connectivity index (χ4v) is 3.07. The molecule has 116 valence electrons. The van der Waals surface area contributed by atoms with E-state index < -0.39 is 0 Å². The van der Waals surface area contributed by atoms with Crippen LogP contribution >= 0.6 is 28.3 Å². The van der Waals surface area contributed by atoms with Gasteiger partial charge in [0.2, 0.25) is 5.91 Å². The second-order valence-electron chi connectivity index (χ2n) is 6.07. The lowest BCUT2D eigenvalue weighted by Crippen LogP contribution is -2.53. The van der Waals surface area contributed by atoms with Crippen LogP contribution in [-0.2, 0) is 10.3 Å². The fraction of sp³-hybridized carbons (Fsp3) is 0.562. The Labute approximate surface area is 140 Å². The summed E-state index contributed by atoms with van der Waals surface area (Å²) in [6.07, 6.45) is 5.91. The number of carbonyl (C=O) groups is 1. The zero-order chi connectivity index (χ0) is 14.0. The normalized spacial score (nSPS) is 19.3. The molecule has 1 amide bonds. The first-order chi connectivity index (χ1) is 9.68. The van der Waals surface area contributed by atoms with Crippen LogP contribution in [0.3, 0.4) is 0 Å². The lowest BCUT2D eigenvalue weighted by atomic mass is 9.72. The van der Waals surface area contributed by atoms with Crippen LogP contribution in [0.5, 0.6) is 0 Å². The molecule has 0 heterocycles. The van der Waals surface area contributed by atoms with Crippen molar-refractivity contribution in [2.75, 3.05) is 13.1 Å². The van der Waals surface area contributed by atoms with E-state index in [4.69, 9.17) is 0 Å². The van der Waals surface area contributed by atoms with Crippen molar-refractivity contribution in [2.24, 2.45) is 5.92 Å². The number of benzene rings is 1. The maximum absolute atomic E-state index is 12.1. The van der Waals surface area contributed by atoms with Gasteiger partial charge < -0.3 is 10.6 Å². The van der Waals surface area contributed by atoms with E-state index in [1.807, 2.05) is 12.1 Å². The molecule has 3 rings (SSSR count). The molecule has 21 heavy (non-hydrogen) atoms. The smallest absolute Gasteiger partial charge is 0.234 e. The van der Waals surface area contributed by atoms with Gasteiger partial charge in [-0.2, -0.15) is 0 Å². The Kier molecular flexibility index (Phi) is 5.69. The Balaban J connectivity index is 0.00000161. The summed E-state index contributed by atoms with van der Waals surface area (Å²) < 4.78 is 1.08. The molecular weight excluding hydrogens is 352 g/mol. The molecule has 0 bridgehead atoms. The molecule has 2 saturated carbocycles. The van der Waals surface area contributed by atoms with Gasteiger partial charge >= 0.3 is 0 Å². The van der Waals surface area contributed by atoms with Gasteiger partial charge in [-0.15, -0.1) is 12.4 Å². The van der Waals surface area contributed by atoms with Crippen molar-refractivity contribution < 1.29 is 4.79 Å². The van der Waals surface area contributed by atoms with Crippen LogP contribution in [0.2, 0.25) is 0 Å². The number of amides is 1. The summed E-state index contributed by atoms with van der Waals surface area (Å²) in [6.45, 7) is 1.42. The van der Waals surface area contributed by atoms with Crippen LogP contribution in [0.25, 0.3) is 0 Å². The van der Waals surface area contributed by atoms with Crippen LogP contribution in [0.4, 0.5) is 0 Å². The third-order valence-corrected chi connectivity index (χ3v) is 4.93. The van der Waals surface area contributed by atoms with Gasteiger partial charge in [0.05, 0.1) is 12.1 Å². The van der Waals surface area contributed by atoms with E-state index in [0.717, 1.165) is 29.8 Å². The van der Waals surface area contributed by atoms with E-state index in [1.54, 1.807) is 0 Å². The van der Waals surface area contributed by atoms with E-state index in [0.29, 0.717) is 6.54 Å². The average molecular weight is 374 g/mol. The van der Waals surface area contributed by atoms with Crippen molar-refractivity contribution in [1.29, 1.82) is 0 Å². The summed E-state index contributed by atoms with van der Waals surface area (Å²) in [5.41, 5.74) is 1.10. The summed E-state index contributed by atoms with van der Waals surface area (Å²) in [5.74, 6) is 0.931. The molecule has 0 atom stereocenters. The number of nitrogens with one attached hydrogen (secondary N) is 2. The van der Waals surface area contributed by atoms with Gasteiger partial charge in [0, 0.05) is 4.47 Å². The molecule has 0 radical (unpaired) electrons. The molecule has 1 aromatic rings. The van der Waals surface area contributed by atoms with Gasteiger partial charge in [0.25, 0.3) is 0 Å². The van der Waals surface area contributed by atoms with E-state index in [2.05, 4.69) is 38.7 Å². The molecule has 5 heteroatoms. The highest BCUT2D eigenvalue weighted by Gasteiger charge is 2.39. The minimum Gasteiger partial charge on any atom is -0.345 e. The highest BCUT2D eigenvalue weighted by Crippen LogP contribution is 2.41. The largest absolute Gasteiger partial charge is 0.345 e. The van der Waals surface area contributed by atoms with Gasteiger partial charge in [-0.25, -0.2) is 0 Å². The number of halogens is 2. The van der Waals surface area contributed by atoms with Crippen molar-refractivity contribution in [3.05, 3.63) is 34.3 Å². The monoisotopic (exact) mass is 372 g/mol. The Hall–Kier alpha value is -0.580. The maximum atomic E-state index is 12.1. The standard InChI is InChI=1S/C16H21BrN2O.ClH/c17-14-6-4-13(5-7-14)16(8-1-9-16)19-15(20)11-18-10-12-2-3-12;/h4-7,12,18H,1-3,8-11H2,(H,19,20);1H. The summed E-state index contributed by atoms with van der Waals surface area (Å²) in [6, 6.07) is 8.32. The van der Waals surface area contributed by atoms with Gasteiger partial charge in [0.15, 0.2) is 0 Å². The predicted molar refractivity (Wildman–Crippen MR) is 90.7 cm³/mol. The SMILES string of the molecule is Cl.O=C(CNCC1CC1)NC1(c2ccc(Br)cc2)CCC1. The first kappa shape index (κ1) is 16.8. The Bertz CT molecular complexity index is 484. The molecule has 0 aromatic heterocycles. The number of hydrogen-bond donors (Lipinski definition) is 2. The van der Waals surface area contributed by atoms with Crippen LogP contribution in [0.1, 0.15) is 37.7 Å². The lowest BCUT2D eigenvalue weighted by molar-refractivity contribution is -0.123. The van der Waals surface area contributed by atoms with Gasteiger partial charge in [-0.1, -0.05) is 28.1 Å². The summed E-state index contributed by atoms with van der Waals surface area (Å²) >= 11 is 3.46. The maximum Gasteiger partial charge on any atom is 0.234 e. The first-order valence-electron chi connectivity index (χ1n) is 7.46. The van der Waals surface area contributed by atoms with Crippen molar-refractivity contribution >= 4 is 34.2 Å². The number of hydrogen-bond acceptors (Lipinski definition) is 2. The highest BCUT2D eigenvalue weighted by atomic mass is 79.9. The van der Waals surface area contributed by atoms with Gasteiger partial charge in [-0.3, -0.25) is 4.79 Å². The fourth-order valence-electron chi connectivity index (χ4n) is 2.81. The first-order valence-corrected chi connectivity index (χ1v) is 8.25. The molecule has 0 unspecified atom stereocenters. The minimum absolute atomic E-state index is 0. The summed E-state index contributed by atoms with van der Waals surface area (Å²) in [5, 5.41) is 6.50. The zero-order valence-electron chi connectivity index (χ0n) is 12.0. The zero-order valence-corrected chi connectivity index (χ0v) is 14.4. The topological polar surface area (TPSA) is 41.1 Å². The van der Waals surface area contributed by atoms with E-state index in [9.17, 15) is 4.79 Å². The minimum atomic E-state index is -0.126.